The molecular weight excluding hydrogens is 256 g/mol. The standard InChI is InChI=1S/C14H26N4S/c1-5-6-15-12(3)13-10-19-14(16-13)18-8-7-17(4)9-11(18)2/h10-12,15H,5-9H2,1-4H3. The van der Waals surface area contributed by atoms with Gasteiger partial charge in [-0.2, -0.15) is 0 Å². The predicted octanol–water partition coefficient (Wildman–Crippen LogP) is 2.34. The van der Waals surface area contributed by atoms with Gasteiger partial charge in [0, 0.05) is 37.1 Å². The van der Waals surface area contributed by atoms with E-state index in [0.717, 1.165) is 32.6 Å². The molecule has 2 atom stereocenters. The highest BCUT2D eigenvalue weighted by molar-refractivity contribution is 7.13. The molecular formula is C14H26N4S. The van der Waals surface area contributed by atoms with Gasteiger partial charge in [0.25, 0.3) is 0 Å². The Morgan fingerprint density at radius 2 is 2.32 bits per heavy atom. The molecule has 108 valence electrons. The SMILES string of the molecule is CCCNC(C)c1csc(N2CCN(C)CC2C)n1. The van der Waals surface area contributed by atoms with Gasteiger partial charge >= 0.3 is 0 Å². The maximum Gasteiger partial charge on any atom is 0.185 e. The van der Waals surface area contributed by atoms with Gasteiger partial charge in [0.2, 0.25) is 0 Å². The zero-order valence-electron chi connectivity index (χ0n) is 12.5. The summed E-state index contributed by atoms with van der Waals surface area (Å²) in [6, 6.07) is 0.907. The van der Waals surface area contributed by atoms with Crippen LogP contribution in [0.4, 0.5) is 5.13 Å². The molecule has 2 unspecified atom stereocenters. The number of hydrogen-bond donors (Lipinski definition) is 1. The molecule has 1 aliphatic heterocycles. The first-order valence-electron chi connectivity index (χ1n) is 7.25. The third-order valence-electron chi connectivity index (χ3n) is 3.73. The number of thiazole rings is 1. The topological polar surface area (TPSA) is 31.4 Å². The molecule has 2 rings (SSSR count). The Bertz CT molecular complexity index is 393. The molecule has 4 nitrogen and oxygen atoms in total. The minimum absolute atomic E-state index is 0.354. The van der Waals surface area contributed by atoms with Gasteiger partial charge in [-0.15, -0.1) is 11.3 Å². The van der Waals surface area contributed by atoms with E-state index in [1.807, 2.05) is 0 Å². The Kier molecular flexibility index (Phi) is 5.19. The van der Waals surface area contributed by atoms with Gasteiger partial charge in [-0.1, -0.05) is 6.92 Å². The minimum Gasteiger partial charge on any atom is -0.343 e. The summed E-state index contributed by atoms with van der Waals surface area (Å²) in [5, 5.41) is 6.88. The zero-order valence-corrected chi connectivity index (χ0v) is 13.3. The van der Waals surface area contributed by atoms with Crippen LogP contribution in [0, 0.1) is 0 Å². The highest BCUT2D eigenvalue weighted by atomic mass is 32.1. The van der Waals surface area contributed by atoms with E-state index in [-0.39, 0.29) is 0 Å². The molecule has 0 aliphatic carbocycles. The zero-order chi connectivity index (χ0) is 13.8. The molecule has 0 radical (unpaired) electrons. The van der Waals surface area contributed by atoms with Crippen LogP contribution < -0.4 is 10.2 Å². The van der Waals surface area contributed by atoms with E-state index < -0.39 is 0 Å². The van der Waals surface area contributed by atoms with Gasteiger partial charge in [-0.3, -0.25) is 0 Å². The van der Waals surface area contributed by atoms with Crippen molar-refractivity contribution in [3.05, 3.63) is 11.1 Å². The molecule has 1 N–H and O–H groups in total. The lowest BCUT2D eigenvalue weighted by molar-refractivity contribution is 0.275. The largest absolute Gasteiger partial charge is 0.343 e. The van der Waals surface area contributed by atoms with Gasteiger partial charge in [0.05, 0.1) is 5.69 Å². The molecule has 1 fully saturated rings. The van der Waals surface area contributed by atoms with E-state index in [1.54, 1.807) is 11.3 Å². The molecule has 1 saturated heterocycles. The van der Waals surface area contributed by atoms with Crippen LogP contribution in [0.5, 0.6) is 0 Å². The van der Waals surface area contributed by atoms with Gasteiger partial charge in [0.1, 0.15) is 0 Å². The van der Waals surface area contributed by atoms with Crippen molar-refractivity contribution in [2.24, 2.45) is 0 Å². The Balaban J connectivity index is 2.00. The fraction of sp³-hybridized carbons (Fsp3) is 0.786. The lowest BCUT2D eigenvalue weighted by atomic mass is 10.2. The maximum absolute atomic E-state index is 4.83. The first-order valence-corrected chi connectivity index (χ1v) is 8.13. The van der Waals surface area contributed by atoms with Crippen molar-refractivity contribution in [3.8, 4) is 0 Å². The summed E-state index contributed by atoms with van der Waals surface area (Å²) in [4.78, 5) is 9.66. The van der Waals surface area contributed by atoms with E-state index in [0.29, 0.717) is 12.1 Å². The second kappa shape index (κ2) is 6.68. The Hall–Kier alpha value is -0.650. The molecule has 0 saturated carbocycles. The van der Waals surface area contributed by atoms with Gasteiger partial charge in [0.15, 0.2) is 5.13 Å². The fourth-order valence-corrected chi connectivity index (χ4v) is 3.54. The third-order valence-corrected chi connectivity index (χ3v) is 4.63. The van der Waals surface area contributed by atoms with Gasteiger partial charge in [-0.25, -0.2) is 4.98 Å². The maximum atomic E-state index is 4.83. The fourth-order valence-electron chi connectivity index (χ4n) is 2.50. The number of rotatable bonds is 5. The lowest BCUT2D eigenvalue weighted by Gasteiger charge is -2.38. The van der Waals surface area contributed by atoms with E-state index in [4.69, 9.17) is 4.98 Å². The lowest BCUT2D eigenvalue weighted by Crippen LogP contribution is -2.50. The van der Waals surface area contributed by atoms with Crippen LogP contribution in [0.1, 0.15) is 38.9 Å². The molecule has 0 bridgehead atoms. The second-order valence-electron chi connectivity index (χ2n) is 5.54. The molecule has 2 heterocycles. The van der Waals surface area contributed by atoms with E-state index in [2.05, 4.69) is 48.3 Å². The highest BCUT2D eigenvalue weighted by Crippen LogP contribution is 2.27. The molecule has 5 heteroatoms. The first kappa shape index (κ1) is 14.8. The van der Waals surface area contributed by atoms with Crippen molar-refractivity contribution < 1.29 is 0 Å². The molecule has 0 spiro atoms. The quantitative estimate of drug-likeness (QED) is 0.898. The highest BCUT2D eigenvalue weighted by Gasteiger charge is 2.24. The summed E-state index contributed by atoms with van der Waals surface area (Å²) in [6.45, 7) is 11.1. The van der Waals surface area contributed by atoms with E-state index in [1.165, 1.54) is 10.8 Å². The number of hydrogen-bond acceptors (Lipinski definition) is 5. The Morgan fingerprint density at radius 3 is 3.00 bits per heavy atom. The summed E-state index contributed by atoms with van der Waals surface area (Å²) in [5.41, 5.74) is 1.18. The van der Waals surface area contributed by atoms with Crippen molar-refractivity contribution in [3.63, 3.8) is 0 Å². The molecule has 1 aromatic rings. The number of anilines is 1. The molecule has 0 amide bonds. The first-order chi connectivity index (χ1) is 9.11. The molecule has 1 aromatic heterocycles. The summed E-state index contributed by atoms with van der Waals surface area (Å²) >= 11 is 1.78. The molecule has 1 aliphatic rings. The number of nitrogens with zero attached hydrogens (tertiary/aromatic N) is 3. The Morgan fingerprint density at radius 1 is 1.53 bits per heavy atom. The minimum atomic E-state index is 0.354. The van der Waals surface area contributed by atoms with Crippen molar-refractivity contribution >= 4 is 16.5 Å². The van der Waals surface area contributed by atoms with Crippen molar-refractivity contribution in [2.45, 2.75) is 39.3 Å². The predicted molar refractivity (Wildman–Crippen MR) is 83.1 cm³/mol. The number of nitrogens with one attached hydrogen (secondary N) is 1. The van der Waals surface area contributed by atoms with Crippen LogP contribution in [-0.2, 0) is 0 Å². The van der Waals surface area contributed by atoms with Crippen LogP contribution in [0.3, 0.4) is 0 Å². The van der Waals surface area contributed by atoms with Gasteiger partial charge < -0.3 is 15.1 Å². The van der Waals surface area contributed by atoms with E-state index in [9.17, 15) is 0 Å². The van der Waals surface area contributed by atoms with Crippen LogP contribution in [0.15, 0.2) is 5.38 Å². The Labute approximate surface area is 120 Å². The third kappa shape index (κ3) is 3.68. The summed E-state index contributed by atoms with van der Waals surface area (Å²) in [7, 11) is 2.19. The van der Waals surface area contributed by atoms with Crippen LogP contribution in [0.2, 0.25) is 0 Å². The normalized spacial score (nSPS) is 22.7. The summed E-state index contributed by atoms with van der Waals surface area (Å²) < 4.78 is 0. The summed E-state index contributed by atoms with van der Waals surface area (Å²) in [5.74, 6) is 0. The number of likely N-dealkylation sites (N-methyl/N-ethyl adjacent to an activating group) is 1. The van der Waals surface area contributed by atoms with Crippen molar-refractivity contribution in [1.29, 1.82) is 0 Å². The van der Waals surface area contributed by atoms with Crippen molar-refractivity contribution in [2.75, 3.05) is 38.1 Å². The molecule has 0 aromatic carbocycles. The summed E-state index contributed by atoms with van der Waals surface area (Å²) in [6.07, 6.45) is 1.16. The number of piperazine rings is 1. The average Bonchev–Trinajstić information content (AvgIpc) is 2.85. The smallest absolute Gasteiger partial charge is 0.185 e. The molecule has 19 heavy (non-hydrogen) atoms. The van der Waals surface area contributed by atoms with E-state index >= 15 is 0 Å². The van der Waals surface area contributed by atoms with Crippen LogP contribution >= 0.6 is 11.3 Å². The monoisotopic (exact) mass is 282 g/mol. The van der Waals surface area contributed by atoms with Crippen LogP contribution in [0.25, 0.3) is 0 Å². The van der Waals surface area contributed by atoms with Crippen molar-refractivity contribution in [1.82, 2.24) is 15.2 Å². The van der Waals surface area contributed by atoms with Gasteiger partial charge in [-0.05, 0) is 33.9 Å². The number of aromatic nitrogens is 1. The van der Waals surface area contributed by atoms with Crippen LogP contribution in [-0.4, -0.2) is 49.2 Å². The average molecular weight is 282 g/mol. The second-order valence-corrected chi connectivity index (χ2v) is 6.37.